The SMILES string of the molecule is CCOc1cc(C(=N)N)ccc1OCc1cccc(C)n1. The highest BCUT2D eigenvalue weighted by Crippen LogP contribution is 2.29. The fraction of sp³-hybridized carbons (Fsp3) is 0.250. The summed E-state index contributed by atoms with van der Waals surface area (Å²) in [6, 6.07) is 11.0. The average Bonchev–Trinajstić information content (AvgIpc) is 2.46. The van der Waals surface area contributed by atoms with Crippen molar-refractivity contribution in [2.24, 2.45) is 5.73 Å². The highest BCUT2D eigenvalue weighted by Gasteiger charge is 2.08. The summed E-state index contributed by atoms with van der Waals surface area (Å²) in [6.45, 7) is 4.71. The van der Waals surface area contributed by atoms with Crippen LogP contribution in [0.3, 0.4) is 0 Å². The maximum Gasteiger partial charge on any atom is 0.161 e. The first-order chi connectivity index (χ1) is 10.1. The molecule has 0 atom stereocenters. The third-order valence-corrected chi connectivity index (χ3v) is 2.88. The molecule has 0 spiro atoms. The van der Waals surface area contributed by atoms with Crippen molar-refractivity contribution >= 4 is 5.84 Å². The van der Waals surface area contributed by atoms with Gasteiger partial charge in [-0.25, -0.2) is 0 Å². The predicted molar refractivity (Wildman–Crippen MR) is 81.9 cm³/mol. The van der Waals surface area contributed by atoms with Gasteiger partial charge in [0.1, 0.15) is 12.4 Å². The number of nitrogens with two attached hydrogens (primary N) is 1. The molecule has 0 unspecified atom stereocenters. The van der Waals surface area contributed by atoms with Crippen molar-refractivity contribution in [1.82, 2.24) is 4.98 Å². The molecular formula is C16H19N3O2. The van der Waals surface area contributed by atoms with Crippen LogP contribution >= 0.6 is 0 Å². The van der Waals surface area contributed by atoms with Crippen LogP contribution in [0.1, 0.15) is 23.9 Å². The number of pyridine rings is 1. The van der Waals surface area contributed by atoms with E-state index in [1.807, 2.05) is 32.0 Å². The van der Waals surface area contributed by atoms with Crippen LogP contribution in [0.25, 0.3) is 0 Å². The monoisotopic (exact) mass is 285 g/mol. The molecule has 1 aromatic heterocycles. The summed E-state index contributed by atoms with van der Waals surface area (Å²) >= 11 is 0. The van der Waals surface area contributed by atoms with Gasteiger partial charge in [-0.15, -0.1) is 0 Å². The quantitative estimate of drug-likeness (QED) is 0.631. The Hall–Kier alpha value is -2.56. The number of rotatable bonds is 6. The first-order valence-electron chi connectivity index (χ1n) is 6.76. The molecule has 3 N–H and O–H groups in total. The number of nitrogen functional groups attached to an aromatic ring is 1. The van der Waals surface area contributed by atoms with E-state index < -0.39 is 0 Å². The van der Waals surface area contributed by atoms with Gasteiger partial charge in [0.2, 0.25) is 0 Å². The van der Waals surface area contributed by atoms with E-state index in [1.54, 1.807) is 18.2 Å². The van der Waals surface area contributed by atoms with Gasteiger partial charge in [0.05, 0.1) is 12.3 Å². The van der Waals surface area contributed by atoms with Gasteiger partial charge >= 0.3 is 0 Å². The summed E-state index contributed by atoms with van der Waals surface area (Å²) in [5.74, 6) is 1.20. The highest BCUT2D eigenvalue weighted by atomic mass is 16.5. The molecule has 1 heterocycles. The standard InChI is InChI=1S/C16H19N3O2/c1-3-20-15-9-12(16(17)18)7-8-14(15)21-10-13-6-4-5-11(2)19-13/h4-9H,3,10H2,1-2H3,(H3,17,18). The summed E-state index contributed by atoms with van der Waals surface area (Å²) in [7, 11) is 0. The summed E-state index contributed by atoms with van der Waals surface area (Å²) < 4.78 is 11.3. The third-order valence-electron chi connectivity index (χ3n) is 2.88. The second-order valence-corrected chi connectivity index (χ2v) is 4.57. The van der Waals surface area contributed by atoms with Gasteiger partial charge in [0.15, 0.2) is 11.5 Å². The number of amidine groups is 1. The number of ether oxygens (including phenoxy) is 2. The largest absolute Gasteiger partial charge is 0.490 e. The van der Waals surface area contributed by atoms with Crippen molar-refractivity contribution in [3.05, 3.63) is 53.3 Å². The van der Waals surface area contributed by atoms with Gasteiger partial charge in [-0.1, -0.05) is 6.07 Å². The Morgan fingerprint density at radius 3 is 2.67 bits per heavy atom. The number of nitrogens with one attached hydrogen (secondary N) is 1. The van der Waals surface area contributed by atoms with E-state index in [9.17, 15) is 0 Å². The van der Waals surface area contributed by atoms with Gasteiger partial charge in [0, 0.05) is 11.3 Å². The molecule has 21 heavy (non-hydrogen) atoms. The van der Waals surface area contributed by atoms with E-state index in [0.717, 1.165) is 11.4 Å². The second kappa shape index (κ2) is 6.74. The Bertz CT molecular complexity index is 641. The van der Waals surface area contributed by atoms with E-state index in [0.29, 0.717) is 30.3 Å². The van der Waals surface area contributed by atoms with Crippen LogP contribution in [0.5, 0.6) is 11.5 Å². The molecule has 2 aromatic rings. The number of aromatic nitrogens is 1. The molecule has 5 nitrogen and oxygen atoms in total. The lowest BCUT2D eigenvalue weighted by Gasteiger charge is -2.13. The van der Waals surface area contributed by atoms with Crippen LogP contribution in [0.2, 0.25) is 0 Å². The number of aryl methyl sites for hydroxylation is 1. The maximum absolute atomic E-state index is 7.47. The van der Waals surface area contributed by atoms with Crippen LogP contribution < -0.4 is 15.2 Å². The summed E-state index contributed by atoms with van der Waals surface area (Å²) in [5.41, 5.74) is 7.90. The first kappa shape index (κ1) is 14.8. The Morgan fingerprint density at radius 2 is 2.00 bits per heavy atom. The van der Waals surface area contributed by atoms with Gasteiger partial charge < -0.3 is 15.2 Å². The Morgan fingerprint density at radius 1 is 1.19 bits per heavy atom. The molecule has 0 fully saturated rings. The molecule has 0 amide bonds. The van der Waals surface area contributed by atoms with Crippen molar-refractivity contribution in [2.45, 2.75) is 20.5 Å². The van der Waals surface area contributed by atoms with E-state index in [2.05, 4.69) is 4.98 Å². The normalized spacial score (nSPS) is 10.2. The van der Waals surface area contributed by atoms with Crippen molar-refractivity contribution in [2.75, 3.05) is 6.61 Å². The highest BCUT2D eigenvalue weighted by molar-refractivity contribution is 5.95. The molecule has 0 aliphatic rings. The topological polar surface area (TPSA) is 81.2 Å². The maximum atomic E-state index is 7.47. The van der Waals surface area contributed by atoms with Crippen molar-refractivity contribution in [3.8, 4) is 11.5 Å². The molecule has 2 rings (SSSR count). The molecule has 0 aliphatic heterocycles. The minimum absolute atomic E-state index is 0.00264. The molecule has 0 saturated heterocycles. The van der Waals surface area contributed by atoms with Gasteiger partial charge in [-0.2, -0.15) is 0 Å². The number of hydrogen-bond donors (Lipinski definition) is 2. The van der Waals surface area contributed by atoms with E-state index in [4.69, 9.17) is 20.6 Å². The van der Waals surface area contributed by atoms with Gasteiger partial charge in [-0.3, -0.25) is 10.4 Å². The lowest BCUT2D eigenvalue weighted by atomic mass is 10.2. The number of hydrogen-bond acceptors (Lipinski definition) is 4. The van der Waals surface area contributed by atoms with Crippen LogP contribution in [0.4, 0.5) is 0 Å². The van der Waals surface area contributed by atoms with Crippen LogP contribution in [-0.2, 0) is 6.61 Å². The minimum Gasteiger partial charge on any atom is -0.490 e. The van der Waals surface area contributed by atoms with E-state index in [-0.39, 0.29) is 5.84 Å². The Balaban J connectivity index is 2.16. The lowest BCUT2D eigenvalue weighted by molar-refractivity contribution is 0.266. The van der Waals surface area contributed by atoms with Gasteiger partial charge in [0.25, 0.3) is 0 Å². The van der Waals surface area contributed by atoms with Crippen LogP contribution in [0.15, 0.2) is 36.4 Å². The van der Waals surface area contributed by atoms with Crippen molar-refractivity contribution in [3.63, 3.8) is 0 Å². The molecule has 110 valence electrons. The van der Waals surface area contributed by atoms with Crippen molar-refractivity contribution < 1.29 is 9.47 Å². The smallest absolute Gasteiger partial charge is 0.161 e. The Kier molecular flexibility index (Phi) is 4.77. The first-order valence-corrected chi connectivity index (χ1v) is 6.76. The van der Waals surface area contributed by atoms with E-state index >= 15 is 0 Å². The molecule has 0 radical (unpaired) electrons. The zero-order valence-corrected chi connectivity index (χ0v) is 12.2. The molecule has 0 saturated carbocycles. The second-order valence-electron chi connectivity index (χ2n) is 4.57. The summed E-state index contributed by atoms with van der Waals surface area (Å²) in [6.07, 6.45) is 0. The molecule has 0 aliphatic carbocycles. The summed E-state index contributed by atoms with van der Waals surface area (Å²) in [4.78, 5) is 4.39. The summed E-state index contributed by atoms with van der Waals surface area (Å²) in [5, 5.41) is 7.47. The number of nitrogens with zero attached hydrogens (tertiary/aromatic N) is 1. The fourth-order valence-electron chi connectivity index (χ4n) is 1.89. The Labute approximate surface area is 124 Å². The van der Waals surface area contributed by atoms with E-state index in [1.165, 1.54) is 0 Å². The van der Waals surface area contributed by atoms with Crippen molar-refractivity contribution in [1.29, 1.82) is 5.41 Å². The number of benzene rings is 1. The fourth-order valence-corrected chi connectivity index (χ4v) is 1.89. The zero-order chi connectivity index (χ0) is 15.2. The third kappa shape index (κ3) is 3.95. The zero-order valence-electron chi connectivity index (χ0n) is 12.2. The molecule has 0 bridgehead atoms. The molecular weight excluding hydrogens is 266 g/mol. The molecule has 5 heteroatoms. The predicted octanol–water partition coefficient (Wildman–Crippen LogP) is 2.65. The average molecular weight is 285 g/mol. The van der Waals surface area contributed by atoms with Crippen LogP contribution in [-0.4, -0.2) is 17.4 Å². The van der Waals surface area contributed by atoms with Gasteiger partial charge in [-0.05, 0) is 44.2 Å². The molecule has 1 aromatic carbocycles. The van der Waals surface area contributed by atoms with Crippen LogP contribution in [0, 0.1) is 12.3 Å². The minimum atomic E-state index is 0.00264. The lowest BCUT2D eigenvalue weighted by Crippen LogP contribution is -2.11.